The number of hydrogen-bond acceptors (Lipinski definition) is 3. The van der Waals surface area contributed by atoms with E-state index < -0.39 is 11.7 Å². The Morgan fingerprint density at radius 3 is 2.28 bits per heavy atom. The molecular weight excluding hydrogens is 421 g/mol. The number of guanidine groups is 1. The van der Waals surface area contributed by atoms with Crippen LogP contribution in [0.4, 0.5) is 13.2 Å². The van der Waals surface area contributed by atoms with E-state index in [2.05, 4.69) is 39.6 Å². The maximum absolute atomic E-state index is 12.7. The van der Waals surface area contributed by atoms with Crippen molar-refractivity contribution in [1.82, 2.24) is 15.5 Å². The van der Waals surface area contributed by atoms with Crippen LogP contribution in [0.2, 0.25) is 0 Å². The Morgan fingerprint density at radius 2 is 1.72 bits per heavy atom. The number of amides is 2. The first-order valence-electron chi connectivity index (χ1n) is 10.4. The van der Waals surface area contributed by atoms with E-state index in [-0.39, 0.29) is 48.6 Å². The van der Waals surface area contributed by atoms with Crippen LogP contribution in [0, 0.1) is 35.5 Å². The van der Waals surface area contributed by atoms with Gasteiger partial charge >= 0.3 is 6.18 Å². The van der Waals surface area contributed by atoms with Crippen molar-refractivity contribution in [3.63, 3.8) is 0 Å². The Balaban J connectivity index is 1.22. The average molecular weight is 444 g/mol. The van der Waals surface area contributed by atoms with Crippen molar-refractivity contribution in [3.8, 4) is 11.8 Å². The normalized spacial score (nSPS) is 26.2. The largest absolute Gasteiger partial charge is 0.416 e. The number of carbonyl (C=O) groups excluding carboxylic acids is 2. The molecule has 0 aromatic heterocycles. The van der Waals surface area contributed by atoms with Gasteiger partial charge in [0.1, 0.15) is 0 Å². The predicted molar refractivity (Wildman–Crippen MR) is 112 cm³/mol. The summed E-state index contributed by atoms with van der Waals surface area (Å²) >= 11 is 0. The van der Waals surface area contributed by atoms with E-state index in [9.17, 15) is 22.8 Å². The molecule has 4 atom stereocenters. The second kappa shape index (κ2) is 8.69. The molecule has 2 amide bonds. The second-order valence-electron chi connectivity index (χ2n) is 8.06. The fourth-order valence-corrected chi connectivity index (χ4v) is 4.71. The van der Waals surface area contributed by atoms with Gasteiger partial charge in [-0.25, -0.2) is 0 Å². The average Bonchev–Trinajstić information content (AvgIpc) is 3.44. The van der Waals surface area contributed by atoms with E-state index in [1.54, 1.807) is 7.05 Å². The minimum Gasteiger partial charge on any atom is -0.355 e. The SMILES string of the molecule is CN=C(NCC#Cc1ccc(C(F)(F)F)cc1)NCCN1C(=O)C2C3C=CC(C3)C2C1=O. The number of alkyl halides is 3. The molecular formula is C23H23F3N4O2. The molecule has 1 aromatic carbocycles. The van der Waals surface area contributed by atoms with Crippen molar-refractivity contribution in [1.29, 1.82) is 0 Å². The summed E-state index contributed by atoms with van der Waals surface area (Å²) in [7, 11) is 1.58. The predicted octanol–water partition coefficient (Wildman–Crippen LogP) is 2.03. The van der Waals surface area contributed by atoms with Gasteiger partial charge < -0.3 is 10.6 Å². The molecule has 3 aliphatic rings. The zero-order chi connectivity index (χ0) is 22.9. The van der Waals surface area contributed by atoms with Gasteiger partial charge in [-0.2, -0.15) is 13.2 Å². The zero-order valence-electron chi connectivity index (χ0n) is 17.4. The van der Waals surface area contributed by atoms with Crippen molar-refractivity contribution < 1.29 is 22.8 Å². The molecule has 1 aromatic rings. The number of carbonyl (C=O) groups is 2. The third-order valence-corrected chi connectivity index (χ3v) is 6.20. The van der Waals surface area contributed by atoms with Crippen molar-refractivity contribution in [2.75, 3.05) is 26.7 Å². The fourth-order valence-electron chi connectivity index (χ4n) is 4.71. The lowest BCUT2D eigenvalue weighted by atomic mass is 9.85. The van der Waals surface area contributed by atoms with E-state index in [4.69, 9.17) is 0 Å². The third kappa shape index (κ3) is 4.22. The summed E-state index contributed by atoms with van der Waals surface area (Å²) in [6.45, 7) is 0.842. The number of fused-ring (bicyclic) bond motifs is 5. The highest BCUT2D eigenvalue weighted by atomic mass is 19.4. The molecule has 2 fully saturated rings. The minimum absolute atomic E-state index is 0.0796. The molecule has 168 valence electrons. The smallest absolute Gasteiger partial charge is 0.355 e. The Kier molecular flexibility index (Phi) is 5.96. The van der Waals surface area contributed by atoms with Gasteiger partial charge in [-0.1, -0.05) is 24.0 Å². The lowest BCUT2D eigenvalue weighted by molar-refractivity contribution is -0.140. The lowest BCUT2D eigenvalue weighted by Gasteiger charge is -2.18. The number of allylic oxidation sites excluding steroid dienone is 2. The highest BCUT2D eigenvalue weighted by Gasteiger charge is 2.58. The number of nitrogens with zero attached hydrogens (tertiary/aromatic N) is 2. The maximum atomic E-state index is 12.7. The van der Waals surface area contributed by atoms with Crippen LogP contribution in [-0.2, 0) is 15.8 Å². The monoisotopic (exact) mass is 444 g/mol. The Bertz CT molecular complexity index is 990. The molecule has 32 heavy (non-hydrogen) atoms. The van der Waals surface area contributed by atoms with Crippen molar-refractivity contribution in [2.45, 2.75) is 12.6 Å². The molecule has 1 aliphatic heterocycles. The van der Waals surface area contributed by atoms with Gasteiger partial charge in [0.2, 0.25) is 11.8 Å². The van der Waals surface area contributed by atoms with Gasteiger partial charge in [-0.15, -0.1) is 0 Å². The first-order valence-corrected chi connectivity index (χ1v) is 10.4. The van der Waals surface area contributed by atoms with Gasteiger partial charge in [-0.05, 0) is 42.5 Å². The first-order chi connectivity index (χ1) is 15.3. The molecule has 1 saturated carbocycles. The number of rotatable bonds is 4. The van der Waals surface area contributed by atoms with Gasteiger partial charge in [0.25, 0.3) is 0 Å². The summed E-state index contributed by atoms with van der Waals surface area (Å²) in [5.74, 6) is 5.89. The maximum Gasteiger partial charge on any atom is 0.416 e. The summed E-state index contributed by atoms with van der Waals surface area (Å²) in [6.07, 6.45) is 0.667. The highest BCUT2D eigenvalue weighted by molar-refractivity contribution is 6.06. The molecule has 0 radical (unpaired) electrons. The molecule has 6 nitrogen and oxygen atoms in total. The Hall–Kier alpha value is -3.28. The number of aliphatic imine (C=N–C) groups is 1. The highest BCUT2D eigenvalue weighted by Crippen LogP contribution is 2.52. The third-order valence-electron chi connectivity index (χ3n) is 6.20. The Morgan fingerprint density at radius 1 is 1.09 bits per heavy atom. The second-order valence-corrected chi connectivity index (χ2v) is 8.06. The fraction of sp³-hybridized carbons (Fsp3) is 0.435. The molecule has 2 aliphatic carbocycles. The molecule has 4 rings (SSSR count). The van der Waals surface area contributed by atoms with Gasteiger partial charge in [0, 0.05) is 25.7 Å². The quantitative estimate of drug-likeness (QED) is 0.245. The van der Waals surface area contributed by atoms with E-state index in [0.717, 1.165) is 18.6 Å². The zero-order valence-corrected chi connectivity index (χ0v) is 17.4. The van der Waals surface area contributed by atoms with Crippen molar-refractivity contribution >= 4 is 17.8 Å². The number of halogens is 3. The molecule has 9 heteroatoms. The number of likely N-dealkylation sites (tertiary alicyclic amines) is 1. The van der Waals surface area contributed by atoms with Crippen LogP contribution in [0.25, 0.3) is 0 Å². The number of nitrogens with one attached hydrogen (secondary N) is 2. The van der Waals surface area contributed by atoms with Crippen LogP contribution < -0.4 is 10.6 Å². The standard InChI is InChI=1S/C23H23F3N4O2/c1-27-22(28-10-2-3-14-4-8-17(9-5-14)23(24,25)26)29-11-12-30-20(31)18-15-6-7-16(13-15)19(18)21(30)32/h4-9,15-16,18-19H,10-13H2,1H3,(H2,27,28,29). The minimum atomic E-state index is -4.37. The van der Waals surface area contributed by atoms with Crippen LogP contribution in [0.15, 0.2) is 41.4 Å². The molecule has 0 spiro atoms. The number of benzene rings is 1. The van der Waals surface area contributed by atoms with Crippen molar-refractivity contribution in [3.05, 3.63) is 47.5 Å². The van der Waals surface area contributed by atoms with Crippen LogP contribution in [0.3, 0.4) is 0 Å². The molecule has 1 saturated heterocycles. The number of hydrogen-bond donors (Lipinski definition) is 2. The summed E-state index contributed by atoms with van der Waals surface area (Å²) in [5, 5.41) is 6.02. The topological polar surface area (TPSA) is 73.8 Å². The van der Waals surface area contributed by atoms with Crippen LogP contribution in [0.5, 0.6) is 0 Å². The number of imide groups is 1. The van der Waals surface area contributed by atoms with Gasteiger partial charge in [0.05, 0.1) is 23.9 Å². The van der Waals surface area contributed by atoms with E-state index in [1.165, 1.54) is 17.0 Å². The van der Waals surface area contributed by atoms with Gasteiger partial charge in [0.15, 0.2) is 5.96 Å². The van der Waals surface area contributed by atoms with Gasteiger partial charge in [-0.3, -0.25) is 19.5 Å². The van der Waals surface area contributed by atoms with Crippen LogP contribution in [0.1, 0.15) is 17.5 Å². The summed E-state index contributed by atoms with van der Waals surface area (Å²) in [6, 6.07) is 4.64. The molecule has 1 heterocycles. The Labute approximate surface area is 184 Å². The molecule has 4 unspecified atom stereocenters. The van der Waals surface area contributed by atoms with Crippen LogP contribution in [-0.4, -0.2) is 49.4 Å². The molecule has 2 bridgehead atoms. The van der Waals surface area contributed by atoms with E-state index >= 15 is 0 Å². The van der Waals surface area contributed by atoms with E-state index in [0.29, 0.717) is 18.1 Å². The van der Waals surface area contributed by atoms with Crippen molar-refractivity contribution in [2.24, 2.45) is 28.7 Å². The summed E-state index contributed by atoms with van der Waals surface area (Å²) in [5.41, 5.74) is -0.240. The first kappa shape index (κ1) is 21.9. The summed E-state index contributed by atoms with van der Waals surface area (Å²) in [4.78, 5) is 30.8. The molecule has 2 N–H and O–H groups in total. The lowest BCUT2D eigenvalue weighted by Crippen LogP contribution is -2.43. The van der Waals surface area contributed by atoms with E-state index in [1.807, 2.05) is 0 Å². The van der Waals surface area contributed by atoms with Crippen LogP contribution >= 0.6 is 0 Å². The summed E-state index contributed by atoms with van der Waals surface area (Å²) < 4.78 is 37.8.